The molecule has 0 aromatic heterocycles. The predicted octanol–water partition coefficient (Wildman–Crippen LogP) is 3.67. The third-order valence-corrected chi connectivity index (χ3v) is 4.92. The number of likely N-dealkylation sites (tertiary alicyclic amines) is 1. The van der Waals surface area contributed by atoms with Crippen molar-refractivity contribution in [3.05, 3.63) is 23.8 Å². The molecule has 1 saturated heterocycles. The minimum atomic E-state index is 0.137. The van der Waals surface area contributed by atoms with Crippen LogP contribution >= 0.6 is 0 Å². The third kappa shape index (κ3) is 2.86. The van der Waals surface area contributed by atoms with E-state index in [2.05, 4.69) is 25.7 Å². The van der Waals surface area contributed by atoms with Crippen LogP contribution in [0.15, 0.2) is 18.2 Å². The number of nitrogens with zero attached hydrogens (tertiary/aromatic N) is 1. The SMILES string of the molecule is CCC1(CC)CCN(C(C)c2cc(O)cc(O)c2)C1. The molecule has 1 atom stereocenters. The summed E-state index contributed by atoms with van der Waals surface area (Å²) in [6.45, 7) is 8.90. The van der Waals surface area contributed by atoms with Crippen molar-refractivity contribution >= 4 is 0 Å². The molecule has 2 N–H and O–H groups in total. The lowest BCUT2D eigenvalue weighted by Gasteiger charge is -2.29. The average Bonchev–Trinajstić information content (AvgIpc) is 2.82. The molecule has 1 heterocycles. The van der Waals surface area contributed by atoms with Gasteiger partial charge in [0, 0.05) is 18.7 Å². The van der Waals surface area contributed by atoms with Gasteiger partial charge in [-0.05, 0) is 55.8 Å². The Labute approximate surface area is 115 Å². The maximum Gasteiger partial charge on any atom is 0.119 e. The first-order chi connectivity index (χ1) is 8.99. The summed E-state index contributed by atoms with van der Waals surface area (Å²) < 4.78 is 0. The van der Waals surface area contributed by atoms with E-state index in [-0.39, 0.29) is 17.5 Å². The van der Waals surface area contributed by atoms with Crippen molar-refractivity contribution in [3.63, 3.8) is 0 Å². The van der Waals surface area contributed by atoms with E-state index in [0.29, 0.717) is 5.41 Å². The molecule has 1 unspecified atom stereocenters. The Bertz CT molecular complexity index is 420. The summed E-state index contributed by atoms with van der Waals surface area (Å²) in [5, 5.41) is 19.2. The van der Waals surface area contributed by atoms with Gasteiger partial charge in [0.2, 0.25) is 0 Å². The first-order valence-electron chi connectivity index (χ1n) is 7.26. The van der Waals surface area contributed by atoms with Gasteiger partial charge in [-0.2, -0.15) is 0 Å². The molecule has 0 aliphatic carbocycles. The number of aromatic hydroxyl groups is 2. The van der Waals surface area contributed by atoms with E-state index in [1.165, 1.54) is 25.3 Å². The van der Waals surface area contributed by atoms with Crippen molar-refractivity contribution in [3.8, 4) is 11.5 Å². The summed E-state index contributed by atoms with van der Waals surface area (Å²) in [6.07, 6.45) is 3.69. The van der Waals surface area contributed by atoms with Gasteiger partial charge in [0.1, 0.15) is 11.5 Å². The molecule has 1 aliphatic rings. The van der Waals surface area contributed by atoms with Gasteiger partial charge < -0.3 is 10.2 Å². The number of benzene rings is 1. The van der Waals surface area contributed by atoms with Gasteiger partial charge in [-0.25, -0.2) is 0 Å². The van der Waals surface area contributed by atoms with Gasteiger partial charge in [0.25, 0.3) is 0 Å². The second-order valence-corrected chi connectivity index (χ2v) is 5.89. The zero-order valence-electron chi connectivity index (χ0n) is 12.2. The molecule has 2 rings (SSSR count). The molecule has 1 aliphatic heterocycles. The van der Waals surface area contributed by atoms with Gasteiger partial charge >= 0.3 is 0 Å². The van der Waals surface area contributed by atoms with E-state index < -0.39 is 0 Å². The van der Waals surface area contributed by atoms with E-state index in [4.69, 9.17) is 0 Å². The Balaban J connectivity index is 2.15. The predicted molar refractivity (Wildman–Crippen MR) is 77.4 cm³/mol. The van der Waals surface area contributed by atoms with Crippen LogP contribution in [0, 0.1) is 5.41 Å². The fraction of sp³-hybridized carbons (Fsp3) is 0.625. The molecule has 19 heavy (non-hydrogen) atoms. The normalized spacial score (nSPS) is 20.6. The summed E-state index contributed by atoms with van der Waals surface area (Å²) in [7, 11) is 0. The van der Waals surface area contributed by atoms with Crippen molar-refractivity contribution in [2.45, 2.75) is 46.1 Å². The molecule has 0 amide bonds. The van der Waals surface area contributed by atoms with Crippen LogP contribution in [0.5, 0.6) is 11.5 Å². The van der Waals surface area contributed by atoms with Crippen molar-refractivity contribution in [2.75, 3.05) is 13.1 Å². The monoisotopic (exact) mass is 263 g/mol. The molecular formula is C16H25NO2. The molecule has 3 heteroatoms. The third-order valence-electron chi connectivity index (χ3n) is 4.92. The number of hydrogen-bond acceptors (Lipinski definition) is 3. The summed E-state index contributed by atoms with van der Waals surface area (Å²) in [5.41, 5.74) is 1.44. The largest absolute Gasteiger partial charge is 0.508 e. The van der Waals surface area contributed by atoms with E-state index in [1.54, 1.807) is 12.1 Å². The molecule has 0 saturated carbocycles. The van der Waals surface area contributed by atoms with Crippen molar-refractivity contribution < 1.29 is 10.2 Å². The fourth-order valence-corrected chi connectivity index (χ4v) is 3.20. The average molecular weight is 263 g/mol. The van der Waals surface area contributed by atoms with Crippen LogP contribution in [-0.2, 0) is 0 Å². The maximum atomic E-state index is 9.60. The van der Waals surface area contributed by atoms with Crippen LogP contribution in [0.3, 0.4) is 0 Å². The molecule has 0 radical (unpaired) electrons. The highest BCUT2D eigenvalue weighted by Crippen LogP contribution is 2.41. The molecule has 3 nitrogen and oxygen atoms in total. The Kier molecular flexibility index (Phi) is 4.04. The fourth-order valence-electron chi connectivity index (χ4n) is 3.20. The summed E-state index contributed by atoms with van der Waals surface area (Å²) in [4.78, 5) is 2.46. The molecule has 106 valence electrons. The van der Waals surface area contributed by atoms with Crippen LogP contribution in [-0.4, -0.2) is 28.2 Å². The Morgan fingerprint density at radius 3 is 2.21 bits per heavy atom. The molecule has 0 spiro atoms. The smallest absolute Gasteiger partial charge is 0.119 e. The molecule has 1 fully saturated rings. The Morgan fingerprint density at radius 2 is 1.74 bits per heavy atom. The molecular weight excluding hydrogens is 238 g/mol. The molecule has 1 aromatic rings. The highest BCUT2D eigenvalue weighted by molar-refractivity contribution is 5.38. The van der Waals surface area contributed by atoms with Crippen LogP contribution in [0.4, 0.5) is 0 Å². The van der Waals surface area contributed by atoms with Crippen LogP contribution in [0.2, 0.25) is 0 Å². The van der Waals surface area contributed by atoms with E-state index in [0.717, 1.165) is 18.7 Å². The highest BCUT2D eigenvalue weighted by atomic mass is 16.3. The quantitative estimate of drug-likeness (QED) is 0.871. The maximum absolute atomic E-state index is 9.60. The van der Waals surface area contributed by atoms with Crippen molar-refractivity contribution in [1.29, 1.82) is 0 Å². The van der Waals surface area contributed by atoms with Crippen LogP contribution < -0.4 is 0 Å². The van der Waals surface area contributed by atoms with E-state index in [9.17, 15) is 10.2 Å². The standard InChI is InChI=1S/C16H25NO2/c1-4-16(5-2)6-7-17(11-16)12(3)13-8-14(18)10-15(19)9-13/h8-10,12,18-19H,4-7,11H2,1-3H3. The minimum absolute atomic E-state index is 0.137. The zero-order chi connectivity index (χ0) is 14.0. The topological polar surface area (TPSA) is 43.7 Å². The second-order valence-electron chi connectivity index (χ2n) is 5.89. The lowest BCUT2D eigenvalue weighted by molar-refractivity contribution is 0.203. The second kappa shape index (κ2) is 5.41. The van der Waals surface area contributed by atoms with Crippen LogP contribution in [0.1, 0.15) is 51.6 Å². The number of rotatable bonds is 4. The van der Waals surface area contributed by atoms with Gasteiger partial charge in [-0.3, -0.25) is 4.90 Å². The van der Waals surface area contributed by atoms with E-state index >= 15 is 0 Å². The van der Waals surface area contributed by atoms with E-state index in [1.807, 2.05) is 0 Å². The van der Waals surface area contributed by atoms with Crippen molar-refractivity contribution in [2.24, 2.45) is 5.41 Å². The molecule has 1 aromatic carbocycles. The summed E-state index contributed by atoms with van der Waals surface area (Å²) in [5.74, 6) is 0.275. The first-order valence-corrected chi connectivity index (χ1v) is 7.26. The number of phenolic OH excluding ortho intramolecular Hbond substituents is 2. The van der Waals surface area contributed by atoms with Crippen LogP contribution in [0.25, 0.3) is 0 Å². The van der Waals surface area contributed by atoms with Gasteiger partial charge in [-0.15, -0.1) is 0 Å². The first kappa shape index (κ1) is 14.2. The summed E-state index contributed by atoms with van der Waals surface area (Å²) in [6, 6.07) is 5.12. The van der Waals surface area contributed by atoms with Gasteiger partial charge in [0.05, 0.1) is 0 Å². The summed E-state index contributed by atoms with van der Waals surface area (Å²) >= 11 is 0. The van der Waals surface area contributed by atoms with Gasteiger partial charge in [0.15, 0.2) is 0 Å². The Hall–Kier alpha value is -1.22. The lowest BCUT2D eigenvalue weighted by atomic mass is 9.82. The zero-order valence-corrected chi connectivity index (χ0v) is 12.2. The lowest BCUT2D eigenvalue weighted by Crippen LogP contribution is -2.28. The van der Waals surface area contributed by atoms with Gasteiger partial charge in [-0.1, -0.05) is 13.8 Å². The highest BCUT2D eigenvalue weighted by Gasteiger charge is 2.36. The van der Waals surface area contributed by atoms with Crippen molar-refractivity contribution in [1.82, 2.24) is 4.90 Å². The molecule has 0 bridgehead atoms. The number of hydrogen-bond donors (Lipinski definition) is 2. The minimum Gasteiger partial charge on any atom is -0.508 e. The Morgan fingerprint density at radius 1 is 1.16 bits per heavy atom. The number of phenols is 2.